The number of carbonyl (C=O) groups is 1. The van der Waals surface area contributed by atoms with Gasteiger partial charge in [0.1, 0.15) is 28.5 Å². The van der Waals surface area contributed by atoms with Crippen molar-refractivity contribution in [2.45, 2.75) is 44.8 Å². The Morgan fingerprint density at radius 3 is 2.39 bits per heavy atom. The molecule has 0 unspecified atom stereocenters. The van der Waals surface area contributed by atoms with Crippen LogP contribution in [0.4, 0.5) is 5.69 Å². The van der Waals surface area contributed by atoms with Crippen LogP contribution in [0.3, 0.4) is 0 Å². The normalized spacial score (nSPS) is 16.9. The third-order valence-electron chi connectivity index (χ3n) is 7.86. The molecule has 1 amide bonds. The molecule has 0 saturated heterocycles. The Labute approximate surface area is 239 Å². The molecule has 1 saturated carbocycles. The molecule has 1 N–H and O–H groups in total. The van der Waals surface area contributed by atoms with Crippen molar-refractivity contribution in [2.75, 3.05) is 33.6 Å². The Morgan fingerprint density at radius 2 is 1.68 bits per heavy atom. The van der Waals surface area contributed by atoms with E-state index in [1.807, 2.05) is 43.3 Å². The van der Waals surface area contributed by atoms with Crippen molar-refractivity contribution in [1.29, 1.82) is 0 Å². The fourth-order valence-electron chi connectivity index (χ4n) is 5.44. The molecule has 1 aliphatic rings. The lowest BCUT2D eigenvalue weighted by atomic mass is 9.92. The number of nitrogens with zero attached hydrogens (tertiary/aromatic N) is 1. The van der Waals surface area contributed by atoms with Gasteiger partial charge in [0.05, 0.1) is 20.3 Å². The van der Waals surface area contributed by atoms with Crippen molar-refractivity contribution in [1.82, 2.24) is 4.90 Å². The van der Waals surface area contributed by atoms with Crippen molar-refractivity contribution >= 4 is 22.6 Å². The van der Waals surface area contributed by atoms with Crippen LogP contribution in [0.25, 0.3) is 22.1 Å². The van der Waals surface area contributed by atoms with E-state index in [0.717, 1.165) is 42.4 Å². The molecule has 8 heteroatoms. The standard InChI is InChI=1S/C33H36N2O6/c1-20-29(40-25-13-11-24(12-14-25)35(2)3)15-9-22-19-28(33(37)41-31(20)22)34-32(36)23-10-16-30(39-5)27(18-23)21-7-6-8-26(17-21)38-4/h6-10,15-19,24-25H,11-14H2,1-5H3,(H,34,36). The Morgan fingerprint density at radius 1 is 0.927 bits per heavy atom. The first-order valence-electron chi connectivity index (χ1n) is 13.8. The predicted molar refractivity (Wildman–Crippen MR) is 161 cm³/mol. The van der Waals surface area contributed by atoms with Crippen LogP contribution in [0, 0.1) is 6.92 Å². The molecule has 0 radical (unpaired) electrons. The van der Waals surface area contributed by atoms with Gasteiger partial charge >= 0.3 is 5.63 Å². The maximum Gasteiger partial charge on any atom is 0.360 e. The summed E-state index contributed by atoms with van der Waals surface area (Å²) >= 11 is 0. The third kappa shape index (κ3) is 6.07. The molecule has 41 heavy (non-hydrogen) atoms. The number of ether oxygens (including phenoxy) is 3. The van der Waals surface area contributed by atoms with Crippen molar-refractivity contribution in [3.63, 3.8) is 0 Å². The Kier molecular flexibility index (Phi) is 8.31. The number of hydrogen-bond acceptors (Lipinski definition) is 7. The lowest BCUT2D eigenvalue weighted by Gasteiger charge is -2.33. The van der Waals surface area contributed by atoms with E-state index in [4.69, 9.17) is 18.6 Å². The molecule has 8 nitrogen and oxygen atoms in total. The monoisotopic (exact) mass is 556 g/mol. The highest BCUT2D eigenvalue weighted by molar-refractivity contribution is 6.05. The molecular weight excluding hydrogens is 520 g/mol. The van der Waals surface area contributed by atoms with Crippen molar-refractivity contribution in [3.05, 3.63) is 82.2 Å². The van der Waals surface area contributed by atoms with E-state index in [2.05, 4.69) is 24.3 Å². The van der Waals surface area contributed by atoms with E-state index in [1.165, 1.54) is 0 Å². The van der Waals surface area contributed by atoms with Crippen LogP contribution in [0.1, 0.15) is 41.6 Å². The number of hydrogen-bond donors (Lipinski definition) is 1. The Bertz CT molecular complexity index is 1620. The number of rotatable bonds is 8. The second kappa shape index (κ2) is 12.1. The number of aryl methyl sites for hydroxylation is 1. The molecule has 1 aliphatic carbocycles. The van der Waals surface area contributed by atoms with Crippen LogP contribution in [0.2, 0.25) is 0 Å². The summed E-state index contributed by atoms with van der Waals surface area (Å²) in [5.74, 6) is 1.58. The van der Waals surface area contributed by atoms with Gasteiger partial charge in [0, 0.05) is 28.1 Å². The number of methoxy groups -OCH3 is 2. The van der Waals surface area contributed by atoms with E-state index < -0.39 is 11.5 Å². The molecule has 0 atom stereocenters. The molecule has 3 aromatic carbocycles. The molecule has 0 spiro atoms. The van der Waals surface area contributed by atoms with Gasteiger partial charge in [0.25, 0.3) is 5.91 Å². The molecule has 0 bridgehead atoms. The molecule has 1 fully saturated rings. The maximum atomic E-state index is 13.2. The zero-order valence-electron chi connectivity index (χ0n) is 24.2. The highest BCUT2D eigenvalue weighted by atomic mass is 16.5. The topological polar surface area (TPSA) is 90.2 Å². The molecule has 5 rings (SSSR count). The smallest absolute Gasteiger partial charge is 0.360 e. The molecular formula is C33H36N2O6. The number of carbonyl (C=O) groups excluding carboxylic acids is 1. The van der Waals surface area contributed by atoms with Gasteiger partial charge in [0.2, 0.25) is 0 Å². The second-order valence-electron chi connectivity index (χ2n) is 10.7. The largest absolute Gasteiger partial charge is 0.497 e. The molecule has 1 heterocycles. The number of nitrogens with one attached hydrogen (secondary N) is 1. The zero-order valence-corrected chi connectivity index (χ0v) is 24.2. The second-order valence-corrected chi connectivity index (χ2v) is 10.7. The summed E-state index contributed by atoms with van der Waals surface area (Å²) in [4.78, 5) is 28.5. The first-order chi connectivity index (χ1) is 19.8. The maximum absolute atomic E-state index is 13.2. The summed E-state index contributed by atoms with van der Waals surface area (Å²) in [6.07, 6.45) is 4.30. The van der Waals surface area contributed by atoms with E-state index in [1.54, 1.807) is 38.5 Å². The Balaban J connectivity index is 1.36. The summed E-state index contributed by atoms with van der Waals surface area (Å²) in [7, 11) is 7.41. The molecule has 4 aromatic rings. The van der Waals surface area contributed by atoms with Crippen LogP contribution in [0.5, 0.6) is 17.2 Å². The number of benzene rings is 3. The van der Waals surface area contributed by atoms with E-state index in [0.29, 0.717) is 39.8 Å². The molecule has 0 aliphatic heterocycles. The van der Waals surface area contributed by atoms with E-state index in [9.17, 15) is 9.59 Å². The van der Waals surface area contributed by atoms with Crippen LogP contribution in [-0.4, -0.2) is 51.3 Å². The van der Waals surface area contributed by atoms with Gasteiger partial charge in [-0.15, -0.1) is 0 Å². The van der Waals surface area contributed by atoms with Gasteiger partial charge in [-0.25, -0.2) is 4.79 Å². The summed E-state index contributed by atoms with van der Waals surface area (Å²) in [6.45, 7) is 1.89. The minimum Gasteiger partial charge on any atom is -0.497 e. The SMILES string of the molecule is COc1cccc(-c2cc(C(=O)Nc3cc4ccc(OC5CCC(N(C)C)CC5)c(C)c4oc3=O)ccc2OC)c1. The van der Waals surface area contributed by atoms with Gasteiger partial charge in [-0.1, -0.05) is 12.1 Å². The number of amides is 1. The fraction of sp³-hybridized carbons (Fsp3) is 0.333. The summed E-state index contributed by atoms with van der Waals surface area (Å²) < 4.78 is 22.9. The summed E-state index contributed by atoms with van der Waals surface area (Å²) in [5.41, 5.74) is 2.59. The van der Waals surface area contributed by atoms with Gasteiger partial charge in [-0.05, 0) is 101 Å². The summed E-state index contributed by atoms with van der Waals surface area (Å²) in [6, 6.07) is 18.6. The van der Waals surface area contributed by atoms with Crippen molar-refractivity contribution < 1.29 is 23.4 Å². The van der Waals surface area contributed by atoms with Gasteiger partial charge in [-0.2, -0.15) is 0 Å². The van der Waals surface area contributed by atoms with Crippen LogP contribution in [0.15, 0.2) is 69.9 Å². The molecule has 214 valence electrons. The first kappa shape index (κ1) is 28.2. The first-order valence-corrected chi connectivity index (χ1v) is 13.8. The Hall–Kier alpha value is -4.30. The van der Waals surface area contributed by atoms with Gasteiger partial charge in [-0.3, -0.25) is 4.79 Å². The minimum atomic E-state index is -0.626. The van der Waals surface area contributed by atoms with E-state index in [-0.39, 0.29) is 11.8 Å². The average molecular weight is 557 g/mol. The van der Waals surface area contributed by atoms with Gasteiger partial charge in [0.15, 0.2) is 0 Å². The summed E-state index contributed by atoms with van der Waals surface area (Å²) in [5, 5.41) is 3.43. The highest BCUT2D eigenvalue weighted by Gasteiger charge is 2.24. The number of anilines is 1. The third-order valence-corrected chi connectivity index (χ3v) is 7.86. The highest BCUT2D eigenvalue weighted by Crippen LogP contribution is 2.34. The molecule has 1 aromatic heterocycles. The van der Waals surface area contributed by atoms with E-state index >= 15 is 0 Å². The zero-order chi connectivity index (χ0) is 29.1. The van der Waals surface area contributed by atoms with Crippen molar-refractivity contribution in [3.8, 4) is 28.4 Å². The number of fused-ring (bicyclic) bond motifs is 1. The lowest BCUT2D eigenvalue weighted by molar-refractivity contribution is 0.102. The fourth-order valence-corrected chi connectivity index (χ4v) is 5.44. The lowest BCUT2D eigenvalue weighted by Crippen LogP contribution is -2.35. The van der Waals surface area contributed by atoms with Crippen LogP contribution in [-0.2, 0) is 0 Å². The average Bonchev–Trinajstić information content (AvgIpc) is 2.99. The predicted octanol–water partition coefficient (Wildman–Crippen LogP) is 6.29. The quantitative estimate of drug-likeness (QED) is 0.255. The van der Waals surface area contributed by atoms with Crippen molar-refractivity contribution in [2.24, 2.45) is 0 Å². The minimum absolute atomic E-state index is 0.0660. The van der Waals surface area contributed by atoms with Crippen LogP contribution < -0.4 is 25.2 Å². The van der Waals surface area contributed by atoms with Gasteiger partial charge < -0.3 is 28.8 Å². The van der Waals surface area contributed by atoms with Crippen LogP contribution >= 0.6 is 0 Å².